The second kappa shape index (κ2) is 5.31. The Hall–Kier alpha value is -0.770. The summed E-state index contributed by atoms with van der Waals surface area (Å²) in [6, 6.07) is 0.162. The summed E-state index contributed by atoms with van der Waals surface area (Å²) >= 11 is 0. The van der Waals surface area contributed by atoms with Crippen molar-refractivity contribution in [1.29, 1.82) is 0 Å². The molecule has 4 nitrogen and oxygen atoms in total. The third kappa shape index (κ3) is 3.04. The number of carbonyl (C=O) groups is 1. The first-order valence-electron chi connectivity index (χ1n) is 7.48. The normalized spacial score (nSPS) is 26.7. The molecule has 1 aliphatic carbocycles. The molecule has 0 spiro atoms. The fraction of sp³-hybridized carbons (Fsp3) is 0.933. The van der Waals surface area contributed by atoms with Gasteiger partial charge in [-0.05, 0) is 52.9 Å². The second-order valence-electron chi connectivity index (χ2n) is 7.06. The average molecular weight is 269 g/mol. The standard InChI is InChI=1S/C15H27NO3/c1-14(2,3)19-13(18)16-10-5-4-7-12(16)15(11-17)8-6-9-15/h12,17H,4-11H2,1-3H3. The molecule has 2 aliphatic rings. The molecule has 0 aromatic carbocycles. The molecule has 0 aromatic rings. The molecule has 1 heterocycles. The Kier molecular flexibility index (Phi) is 4.09. The molecule has 2 rings (SSSR count). The van der Waals surface area contributed by atoms with Crippen LogP contribution >= 0.6 is 0 Å². The van der Waals surface area contributed by atoms with Crippen LogP contribution in [-0.2, 0) is 4.74 Å². The lowest BCUT2D eigenvalue weighted by atomic mass is 9.62. The maximum Gasteiger partial charge on any atom is 0.410 e. The lowest BCUT2D eigenvalue weighted by molar-refractivity contribution is -0.0656. The maximum atomic E-state index is 12.3. The zero-order chi connectivity index (χ0) is 14.1. The number of aliphatic hydroxyl groups excluding tert-OH is 1. The quantitative estimate of drug-likeness (QED) is 0.838. The van der Waals surface area contributed by atoms with Crippen molar-refractivity contribution in [2.45, 2.75) is 70.9 Å². The smallest absolute Gasteiger partial charge is 0.410 e. The lowest BCUT2D eigenvalue weighted by Gasteiger charge is -2.52. The minimum absolute atomic E-state index is 0.0582. The zero-order valence-corrected chi connectivity index (χ0v) is 12.4. The molecule has 0 bridgehead atoms. The highest BCUT2D eigenvalue weighted by molar-refractivity contribution is 5.69. The van der Waals surface area contributed by atoms with Crippen LogP contribution < -0.4 is 0 Å². The average Bonchev–Trinajstić information content (AvgIpc) is 2.26. The van der Waals surface area contributed by atoms with Crippen LogP contribution in [-0.4, -0.2) is 40.9 Å². The van der Waals surface area contributed by atoms with Crippen molar-refractivity contribution < 1.29 is 14.6 Å². The third-order valence-corrected chi connectivity index (χ3v) is 4.50. The molecule has 1 atom stereocenters. The summed E-state index contributed by atoms with van der Waals surface area (Å²) in [5.74, 6) is 0. The minimum Gasteiger partial charge on any atom is -0.444 e. The Morgan fingerprint density at radius 2 is 2.00 bits per heavy atom. The van der Waals surface area contributed by atoms with Crippen LogP contribution in [0, 0.1) is 5.41 Å². The van der Waals surface area contributed by atoms with Gasteiger partial charge < -0.3 is 14.7 Å². The van der Waals surface area contributed by atoms with Crippen molar-refractivity contribution in [3.63, 3.8) is 0 Å². The van der Waals surface area contributed by atoms with E-state index in [1.807, 2.05) is 25.7 Å². The van der Waals surface area contributed by atoms with Crippen LogP contribution in [0.15, 0.2) is 0 Å². The van der Waals surface area contributed by atoms with Gasteiger partial charge in [-0.3, -0.25) is 0 Å². The topological polar surface area (TPSA) is 49.8 Å². The first-order chi connectivity index (χ1) is 8.88. The second-order valence-corrected chi connectivity index (χ2v) is 7.06. The number of piperidine rings is 1. The van der Waals surface area contributed by atoms with Crippen molar-refractivity contribution in [3.8, 4) is 0 Å². The Labute approximate surface area is 116 Å². The first-order valence-corrected chi connectivity index (χ1v) is 7.48. The Balaban J connectivity index is 2.10. The lowest BCUT2D eigenvalue weighted by Crippen LogP contribution is -2.57. The van der Waals surface area contributed by atoms with Crippen LogP contribution in [0.5, 0.6) is 0 Å². The molecule has 1 saturated carbocycles. The van der Waals surface area contributed by atoms with E-state index in [0.717, 1.165) is 38.6 Å². The van der Waals surface area contributed by atoms with Gasteiger partial charge in [-0.1, -0.05) is 6.42 Å². The van der Waals surface area contributed by atoms with Gasteiger partial charge in [-0.25, -0.2) is 4.79 Å². The number of hydrogen-bond acceptors (Lipinski definition) is 3. The highest BCUT2D eigenvalue weighted by Gasteiger charge is 2.48. The Bertz CT molecular complexity index is 325. The number of amides is 1. The number of aliphatic hydroxyl groups is 1. The summed E-state index contributed by atoms with van der Waals surface area (Å²) in [7, 11) is 0. The third-order valence-electron chi connectivity index (χ3n) is 4.50. The Morgan fingerprint density at radius 1 is 1.32 bits per heavy atom. The van der Waals surface area contributed by atoms with E-state index in [1.165, 1.54) is 6.42 Å². The van der Waals surface area contributed by atoms with E-state index in [1.54, 1.807) is 0 Å². The van der Waals surface area contributed by atoms with Crippen LogP contribution in [0.4, 0.5) is 4.79 Å². The van der Waals surface area contributed by atoms with Gasteiger partial charge in [0.15, 0.2) is 0 Å². The summed E-state index contributed by atoms with van der Waals surface area (Å²) in [4.78, 5) is 14.2. The molecular weight excluding hydrogens is 242 g/mol. The van der Waals surface area contributed by atoms with Crippen LogP contribution in [0.25, 0.3) is 0 Å². The van der Waals surface area contributed by atoms with Crippen molar-refractivity contribution in [1.82, 2.24) is 4.90 Å². The predicted octanol–water partition coefficient (Wildman–Crippen LogP) is 2.94. The zero-order valence-electron chi connectivity index (χ0n) is 12.4. The monoisotopic (exact) mass is 269 g/mol. The minimum atomic E-state index is -0.453. The molecule has 0 radical (unpaired) electrons. The van der Waals surface area contributed by atoms with Crippen LogP contribution in [0.1, 0.15) is 59.3 Å². The summed E-state index contributed by atoms with van der Waals surface area (Å²) in [6.45, 7) is 6.65. The van der Waals surface area contributed by atoms with Crippen molar-refractivity contribution in [3.05, 3.63) is 0 Å². The number of hydrogen-bond donors (Lipinski definition) is 1. The van der Waals surface area contributed by atoms with Gasteiger partial charge in [0.05, 0.1) is 6.61 Å². The van der Waals surface area contributed by atoms with Gasteiger partial charge >= 0.3 is 6.09 Å². The van der Waals surface area contributed by atoms with Gasteiger partial charge in [0.2, 0.25) is 0 Å². The van der Waals surface area contributed by atoms with Crippen molar-refractivity contribution in [2.24, 2.45) is 5.41 Å². The van der Waals surface area contributed by atoms with E-state index in [9.17, 15) is 9.90 Å². The Morgan fingerprint density at radius 3 is 2.47 bits per heavy atom. The van der Waals surface area contributed by atoms with E-state index >= 15 is 0 Å². The van der Waals surface area contributed by atoms with Gasteiger partial charge in [0, 0.05) is 18.0 Å². The van der Waals surface area contributed by atoms with Crippen LogP contribution in [0.3, 0.4) is 0 Å². The molecule has 0 aromatic heterocycles. The van der Waals surface area contributed by atoms with Gasteiger partial charge in [0.1, 0.15) is 5.60 Å². The number of rotatable bonds is 2. The number of nitrogens with zero attached hydrogens (tertiary/aromatic N) is 1. The summed E-state index contributed by atoms with van der Waals surface area (Å²) in [6.07, 6.45) is 6.21. The molecule has 1 unspecified atom stereocenters. The van der Waals surface area contributed by atoms with Gasteiger partial charge in [0.25, 0.3) is 0 Å². The number of likely N-dealkylation sites (tertiary alicyclic amines) is 1. The first kappa shape index (κ1) is 14.6. The van der Waals surface area contributed by atoms with Crippen molar-refractivity contribution >= 4 is 6.09 Å². The number of carbonyl (C=O) groups excluding carboxylic acids is 1. The van der Waals surface area contributed by atoms with Gasteiger partial charge in [-0.15, -0.1) is 0 Å². The largest absolute Gasteiger partial charge is 0.444 e. The fourth-order valence-electron chi connectivity index (χ4n) is 3.33. The van der Waals surface area contributed by atoms with E-state index < -0.39 is 5.60 Å². The van der Waals surface area contributed by atoms with Crippen LogP contribution in [0.2, 0.25) is 0 Å². The fourth-order valence-corrected chi connectivity index (χ4v) is 3.33. The molecule has 19 heavy (non-hydrogen) atoms. The van der Waals surface area contributed by atoms with E-state index in [0.29, 0.717) is 0 Å². The summed E-state index contributed by atoms with van der Waals surface area (Å²) in [5.41, 5.74) is -0.512. The SMILES string of the molecule is CC(C)(C)OC(=O)N1CCCCC1C1(CO)CCC1. The molecule has 4 heteroatoms. The summed E-state index contributed by atoms with van der Waals surface area (Å²) < 4.78 is 5.52. The van der Waals surface area contributed by atoms with Gasteiger partial charge in [-0.2, -0.15) is 0 Å². The molecular formula is C15H27NO3. The predicted molar refractivity (Wildman–Crippen MR) is 73.9 cm³/mol. The maximum absolute atomic E-state index is 12.3. The molecule has 1 N–H and O–H groups in total. The molecule has 110 valence electrons. The molecule has 2 fully saturated rings. The van der Waals surface area contributed by atoms with E-state index in [4.69, 9.17) is 4.74 Å². The van der Waals surface area contributed by atoms with E-state index in [2.05, 4.69) is 0 Å². The highest BCUT2D eigenvalue weighted by Crippen LogP contribution is 2.48. The molecule has 1 aliphatic heterocycles. The molecule has 1 saturated heterocycles. The molecule has 1 amide bonds. The highest BCUT2D eigenvalue weighted by atomic mass is 16.6. The van der Waals surface area contributed by atoms with Crippen molar-refractivity contribution in [2.75, 3.05) is 13.2 Å². The van der Waals surface area contributed by atoms with E-state index in [-0.39, 0.29) is 24.2 Å². The number of ether oxygens (including phenoxy) is 1. The summed E-state index contributed by atoms with van der Waals surface area (Å²) in [5, 5.41) is 9.74.